The second kappa shape index (κ2) is 7.21. The number of hydrogen-bond donors (Lipinski definition) is 1. The van der Waals surface area contributed by atoms with Crippen LogP contribution in [0, 0.1) is 0 Å². The van der Waals surface area contributed by atoms with Crippen molar-refractivity contribution in [2.24, 2.45) is 0 Å². The topological polar surface area (TPSA) is 32.3 Å². The van der Waals surface area contributed by atoms with Crippen molar-refractivity contribution in [2.75, 3.05) is 23.7 Å². The maximum atomic E-state index is 12.0. The van der Waals surface area contributed by atoms with Crippen LogP contribution in [-0.4, -0.2) is 30.8 Å². The van der Waals surface area contributed by atoms with Crippen molar-refractivity contribution >= 4 is 23.4 Å². The molecule has 2 aliphatic rings. The highest BCUT2D eigenvalue weighted by Gasteiger charge is 2.18. The van der Waals surface area contributed by atoms with Crippen LogP contribution in [0.3, 0.4) is 0 Å². The molecule has 3 nitrogen and oxygen atoms in total. The first-order chi connectivity index (χ1) is 10.3. The highest BCUT2D eigenvalue weighted by molar-refractivity contribution is 7.99. The van der Waals surface area contributed by atoms with E-state index in [1.54, 1.807) is 0 Å². The first-order valence-corrected chi connectivity index (χ1v) is 9.07. The minimum Gasteiger partial charge on any atom is -0.370 e. The summed E-state index contributed by atoms with van der Waals surface area (Å²) < 4.78 is 0. The zero-order valence-corrected chi connectivity index (χ0v) is 13.3. The molecule has 1 aromatic carbocycles. The maximum Gasteiger partial charge on any atom is 0.220 e. The van der Waals surface area contributed by atoms with Gasteiger partial charge in [-0.2, -0.15) is 0 Å². The molecule has 114 valence electrons. The van der Waals surface area contributed by atoms with E-state index in [0.717, 1.165) is 25.3 Å². The molecule has 4 heteroatoms. The van der Waals surface area contributed by atoms with Crippen molar-refractivity contribution in [3.8, 4) is 0 Å². The van der Waals surface area contributed by atoms with Gasteiger partial charge >= 0.3 is 0 Å². The van der Waals surface area contributed by atoms with Crippen LogP contribution in [0.4, 0.5) is 5.69 Å². The van der Waals surface area contributed by atoms with Crippen molar-refractivity contribution in [2.45, 2.75) is 49.5 Å². The van der Waals surface area contributed by atoms with E-state index in [0.29, 0.717) is 12.5 Å². The van der Waals surface area contributed by atoms with Crippen LogP contribution in [-0.2, 0) is 4.79 Å². The fraction of sp³-hybridized carbons (Fsp3) is 0.588. The molecule has 1 fully saturated rings. The molecule has 0 spiro atoms. The van der Waals surface area contributed by atoms with Crippen LogP contribution >= 0.6 is 11.8 Å². The SMILES string of the molecule is O=C(CCCN1CCSc2ccccc21)NC1CCCC1. The lowest BCUT2D eigenvalue weighted by molar-refractivity contribution is -0.121. The summed E-state index contributed by atoms with van der Waals surface area (Å²) in [6, 6.07) is 9.04. The third-order valence-corrected chi connectivity index (χ3v) is 5.42. The fourth-order valence-corrected chi connectivity index (χ4v) is 4.31. The number of amides is 1. The Labute approximate surface area is 131 Å². The number of nitrogens with one attached hydrogen (secondary N) is 1. The van der Waals surface area contributed by atoms with E-state index in [2.05, 4.69) is 34.5 Å². The van der Waals surface area contributed by atoms with Crippen molar-refractivity contribution in [3.63, 3.8) is 0 Å². The molecule has 0 radical (unpaired) electrons. The van der Waals surface area contributed by atoms with Gasteiger partial charge in [-0.1, -0.05) is 25.0 Å². The van der Waals surface area contributed by atoms with E-state index in [4.69, 9.17) is 0 Å². The summed E-state index contributed by atoms with van der Waals surface area (Å²) >= 11 is 1.93. The Bertz CT molecular complexity index is 485. The Hall–Kier alpha value is -1.16. The Morgan fingerprint density at radius 2 is 2.10 bits per heavy atom. The van der Waals surface area contributed by atoms with Crippen LogP contribution in [0.15, 0.2) is 29.2 Å². The molecule has 21 heavy (non-hydrogen) atoms. The van der Waals surface area contributed by atoms with Gasteiger partial charge in [0.15, 0.2) is 0 Å². The number of nitrogens with zero attached hydrogens (tertiary/aromatic N) is 1. The fourth-order valence-electron chi connectivity index (χ4n) is 3.26. The Kier molecular flexibility index (Phi) is 5.07. The Morgan fingerprint density at radius 3 is 2.95 bits per heavy atom. The van der Waals surface area contributed by atoms with Crippen LogP contribution in [0.5, 0.6) is 0 Å². The summed E-state index contributed by atoms with van der Waals surface area (Å²) in [6.45, 7) is 2.07. The zero-order chi connectivity index (χ0) is 14.5. The molecule has 0 atom stereocenters. The second-order valence-corrected chi connectivity index (χ2v) is 7.09. The van der Waals surface area contributed by atoms with Gasteiger partial charge in [-0.15, -0.1) is 11.8 Å². The number of hydrogen-bond acceptors (Lipinski definition) is 3. The molecule has 1 aliphatic carbocycles. The lowest BCUT2D eigenvalue weighted by Gasteiger charge is -2.30. The van der Waals surface area contributed by atoms with Gasteiger partial charge in [0.05, 0.1) is 5.69 Å². The van der Waals surface area contributed by atoms with Gasteiger partial charge < -0.3 is 10.2 Å². The van der Waals surface area contributed by atoms with Crippen LogP contribution in [0.25, 0.3) is 0 Å². The smallest absolute Gasteiger partial charge is 0.220 e. The van der Waals surface area contributed by atoms with E-state index < -0.39 is 0 Å². The van der Waals surface area contributed by atoms with Crippen molar-refractivity contribution in [1.29, 1.82) is 0 Å². The van der Waals surface area contributed by atoms with Gasteiger partial charge in [-0.25, -0.2) is 0 Å². The number of anilines is 1. The van der Waals surface area contributed by atoms with Gasteiger partial charge in [0, 0.05) is 36.2 Å². The summed E-state index contributed by atoms with van der Waals surface area (Å²) in [6.07, 6.45) is 6.48. The average molecular weight is 304 g/mol. The van der Waals surface area contributed by atoms with E-state index in [1.165, 1.54) is 36.3 Å². The summed E-state index contributed by atoms with van der Waals surface area (Å²) in [5.74, 6) is 1.38. The predicted molar refractivity (Wildman–Crippen MR) is 89.0 cm³/mol. The average Bonchev–Trinajstić information content (AvgIpc) is 3.00. The van der Waals surface area contributed by atoms with E-state index in [9.17, 15) is 4.79 Å². The first kappa shape index (κ1) is 14.8. The molecular formula is C17H24N2OS. The number of carbonyl (C=O) groups is 1. The molecule has 0 aromatic heterocycles. The van der Waals surface area contributed by atoms with Crippen LogP contribution in [0.2, 0.25) is 0 Å². The van der Waals surface area contributed by atoms with Crippen molar-refractivity contribution < 1.29 is 4.79 Å². The minimum atomic E-state index is 0.238. The number of benzene rings is 1. The molecule has 0 saturated heterocycles. The molecule has 1 amide bonds. The summed E-state index contributed by atoms with van der Waals surface area (Å²) in [5, 5.41) is 3.17. The maximum absolute atomic E-state index is 12.0. The quantitative estimate of drug-likeness (QED) is 0.904. The monoisotopic (exact) mass is 304 g/mol. The zero-order valence-electron chi connectivity index (χ0n) is 12.5. The third-order valence-electron chi connectivity index (χ3n) is 4.38. The first-order valence-electron chi connectivity index (χ1n) is 8.09. The number of para-hydroxylation sites is 1. The number of rotatable bonds is 5. The largest absolute Gasteiger partial charge is 0.370 e. The molecule has 0 bridgehead atoms. The standard InChI is InChI=1S/C17H24N2OS/c20-17(18-14-6-1-2-7-14)10-5-11-19-12-13-21-16-9-4-3-8-15(16)19/h3-4,8-9,14H,1-2,5-7,10-13H2,(H,18,20). The third kappa shape index (κ3) is 3.94. The summed E-state index contributed by atoms with van der Waals surface area (Å²) in [5.41, 5.74) is 1.34. The molecule has 1 aromatic rings. The molecule has 1 N–H and O–H groups in total. The number of fused-ring (bicyclic) bond motifs is 1. The predicted octanol–water partition coefficient (Wildman–Crippen LogP) is 3.44. The lowest BCUT2D eigenvalue weighted by atomic mass is 10.2. The van der Waals surface area contributed by atoms with Gasteiger partial charge in [0.1, 0.15) is 0 Å². The molecule has 0 unspecified atom stereocenters. The van der Waals surface area contributed by atoms with E-state index >= 15 is 0 Å². The number of carbonyl (C=O) groups excluding carboxylic acids is 1. The normalized spacial score (nSPS) is 18.6. The van der Waals surface area contributed by atoms with Crippen molar-refractivity contribution in [1.82, 2.24) is 5.32 Å². The highest BCUT2D eigenvalue weighted by atomic mass is 32.2. The van der Waals surface area contributed by atoms with Gasteiger partial charge in [-0.05, 0) is 31.4 Å². The summed E-state index contributed by atoms with van der Waals surface area (Å²) in [7, 11) is 0. The Balaban J connectivity index is 1.44. The lowest BCUT2D eigenvalue weighted by Crippen LogP contribution is -2.34. The molecule has 1 saturated carbocycles. The van der Waals surface area contributed by atoms with Gasteiger partial charge in [-0.3, -0.25) is 4.79 Å². The van der Waals surface area contributed by atoms with E-state index in [-0.39, 0.29) is 5.91 Å². The minimum absolute atomic E-state index is 0.238. The van der Waals surface area contributed by atoms with Gasteiger partial charge in [0.2, 0.25) is 5.91 Å². The van der Waals surface area contributed by atoms with E-state index in [1.807, 2.05) is 11.8 Å². The molecule has 3 rings (SSSR count). The van der Waals surface area contributed by atoms with Crippen LogP contribution in [0.1, 0.15) is 38.5 Å². The number of thioether (sulfide) groups is 1. The molecule has 1 heterocycles. The van der Waals surface area contributed by atoms with Crippen LogP contribution < -0.4 is 10.2 Å². The van der Waals surface area contributed by atoms with Crippen molar-refractivity contribution in [3.05, 3.63) is 24.3 Å². The Morgan fingerprint density at radius 1 is 1.29 bits per heavy atom. The molecule has 1 aliphatic heterocycles. The molecular weight excluding hydrogens is 280 g/mol. The highest BCUT2D eigenvalue weighted by Crippen LogP contribution is 2.34. The van der Waals surface area contributed by atoms with Gasteiger partial charge in [0.25, 0.3) is 0 Å². The second-order valence-electron chi connectivity index (χ2n) is 5.96. The summed E-state index contributed by atoms with van der Waals surface area (Å²) in [4.78, 5) is 15.8.